The van der Waals surface area contributed by atoms with Crippen LogP contribution in [0.4, 0.5) is 0 Å². The predicted octanol–water partition coefficient (Wildman–Crippen LogP) is 4.53. The van der Waals surface area contributed by atoms with Crippen LogP contribution in [0.25, 0.3) is 0 Å². The minimum Gasteiger partial charge on any atom is -0.550 e. The van der Waals surface area contributed by atoms with Crippen molar-refractivity contribution in [3.63, 3.8) is 0 Å². The number of hydrogen-bond acceptors (Lipinski definition) is 4. The van der Waals surface area contributed by atoms with Crippen LogP contribution in [0.3, 0.4) is 0 Å². The number of aliphatic carboxylic acids is 2. The Morgan fingerprint density at radius 1 is 0.481 bits per heavy atom. The molecule has 5 heteroatoms. The minimum atomic E-state index is -0.911. The summed E-state index contributed by atoms with van der Waals surface area (Å²) in [5.74, 6) is -1.82. The molecule has 4 nitrogen and oxygen atoms in total. The molecule has 0 aromatic carbocycles. The van der Waals surface area contributed by atoms with Gasteiger partial charge >= 0.3 is 16.5 Å². The van der Waals surface area contributed by atoms with Crippen molar-refractivity contribution in [1.82, 2.24) is 0 Å². The second-order valence-corrected chi connectivity index (χ2v) is 7.19. The molecule has 0 fully saturated rings. The van der Waals surface area contributed by atoms with E-state index in [1.807, 2.05) is 0 Å². The molecule has 0 amide bonds. The van der Waals surface area contributed by atoms with E-state index >= 15 is 0 Å². The summed E-state index contributed by atoms with van der Waals surface area (Å²) in [6.07, 6.45) is 19.5. The van der Waals surface area contributed by atoms with E-state index in [-0.39, 0.29) is 29.3 Å². The van der Waals surface area contributed by atoms with Gasteiger partial charge in [-0.2, -0.15) is 0 Å². The number of carbonyl (C=O) groups is 2. The average Bonchev–Trinajstić information content (AvgIpc) is 2.60. The van der Waals surface area contributed by atoms with Crippen molar-refractivity contribution in [2.24, 2.45) is 0 Å². The van der Waals surface area contributed by atoms with E-state index in [4.69, 9.17) is 0 Å². The molecule has 0 N–H and O–H groups in total. The van der Waals surface area contributed by atoms with E-state index in [1.165, 1.54) is 77.0 Å². The van der Waals surface area contributed by atoms with Crippen molar-refractivity contribution in [3.8, 4) is 0 Å². The fraction of sp³-hybridized carbons (Fsp3) is 0.909. The Kier molecular flexibility index (Phi) is 31.9. The quantitative estimate of drug-likeness (QED) is 0.237. The summed E-state index contributed by atoms with van der Waals surface area (Å²) in [7, 11) is 0. The molecule has 0 unspecified atom stereocenters. The third kappa shape index (κ3) is 37.0. The predicted molar refractivity (Wildman–Crippen MR) is 104 cm³/mol. The summed E-state index contributed by atoms with van der Waals surface area (Å²) in [6.45, 7) is 4.42. The molecule has 0 radical (unpaired) electrons. The molecule has 0 spiro atoms. The molecular weight excluding hydrogens is 387 g/mol. The molecule has 27 heavy (non-hydrogen) atoms. The van der Waals surface area contributed by atoms with Crippen LogP contribution in [0, 0.1) is 0 Å². The molecule has 0 atom stereocenters. The Labute approximate surface area is 177 Å². The average molecular weight is 429 g/mol. The Balaban J connectivity index is -0.000000411. The zero-order chi connectivity index (χ0) is 19.9. The van der Waals surface area contributed by atoms with Crippen LogP contribution in [-0.4, -0.2) is 11.9 Å². The molecule has 0 aliphatic rings. The minimum absolute atomic E-state index is 0. The maximum Gasteiger partial charge on any atom is 2.00 e. The van der Waals surface area contributed by atoms with Crippen LogP contribution in [0.5, 0.6) is 0 Å². The first-order valence-corrected chi connectivity index (χ1v) is 10.9. The van der Waals surface area contributed by atoms with E-state index in [1.54, 1.807) is 0 Å². The van der Waals surface area contributed by atoms with Crippen molar-refractivity contribution < 1.29 is 36.3 Å². The van der Waals surface area contributed by atoms with Crippen molar-refractivity contribution in [1.29, 1.82) is 0 Å². The van der Waals surface area contributed by atoms with Crippen LogP contribution < -0.4 is 10.2 Å². The van der Waals surface area contributed by atoms with Gasteiger partial charge in [0.2, 0.25) is 0 Å². The largest absolute Gasteiger partial charge is 2.00 e. The first kappa shape index (κ1) is 31.1. The fourth-order valence-corrected chi connectivity index (χ4v) is 2.81. The summed E-state index contributed by atoms with van der Waals surface area (Å²) in [4.78, 5) is 20.1. The van der Waals surface area contributed by atoms with Gasteiger partial charge in [-0.05, 0) is 25.7 Å². The summed E-state index contributed by atoms with van der Waals surface area (Å²) in [5.41, 5.74) is 0. The smallest absolute Gasteiger partial charge is 0.550 e. The van der Waals surface area contributed by atoms with Crippen molar-refractivity contribution in [2.45, 2.75) is 129 Å². The normalized spacial score (nSPS) is 9.85. The number of rotatable bonds is 18. The molecule has 0 heterocycles. The van der Waals surface area contributed by atoms with Gasteiger partial charge in [0.1, 0.15) is 0 Å². The van der Waals surface area contributed by atoms with Gasteiger partial charge in [0.25, 0.3) is 0 Å². The maximum atomic E-state index is 10.1. The molecule has 0 aromatic rings. The summed E-state index contributed by atoms with van der Waals surface area (Å²) >= 11 is 0. The molecule has 0 aliphatic heterocycles. The monoisotopic (exact) mass is 428 g/mol. The molecule has 164 valence electrons. The van der Waals surface area contributed by atoms with E-state index in [2.05, 4.69) is 13.8 Å². The van der Waals surface area contributed by atoms with Gasteiger partial charge in [-0.3, -0.25) is 0 Å². The van der Waals surface area contributed by atoms with Gasteiger partial charge in [0, 0.05) is 11.9 Å². The van der Waals surface area contributed by atoms with Crippen LogP contribution in [0.15, 0.2) is 0 Å². The second-order valence-electron chi connectivity index (χ2n) is 7.19. The Hall–Kier alpha value is -0.566. The van der Waals surface area contributed by atoms with Gasteiger partial charge < -0.3 is 19.8 Å². The summed E-state index contributed by atoms with van der Waals surface area (Å²) in [5, 5.41) is 20.1. The van der Waals surface area contributed by atoms with Crippen molar-refractivity contribution in [2.75, 3.05) is 0 Å². The standard InChI is InChI=1S/2C11H22O2.Ni/c2*1-2-3-4-5-6-7-8-9-10-11(12)13;/h2*2-10H2,1H3,(H,12,13);/q;;+2/p-2. The van der Waals surface area contributed by atoms with Crippen molar-refractivity contribution >= 4 is 11.9 Å². The number of hydrogen-bond donors (Lipinski definition) is 0. The number of carboxylic acids is 2. The van der Waals surface area contributed by atoms with E-state index in [9.17, 15) is 19.8 Å². The molecule has 0 rings (SSSR count). The van der Waals surface area contributed by atoms with E-state index in [0.29, 0.717) is 0 Å². The van der Waals surface area contributed by atoms with E-state index < -0.39 is 11.9 Å². The van der Waals surface area contributed by atoms with Crippen LogP contribution in [-0.2, 0) is 26.1 Å². The third-order valence-corrected chi connectivity index (χ3v) is 4.47. The first-order chi connectivity index (χ1) is 12.5. The molecular formula is C22H42NiO4. The number of carboxylic acid groups (broad SMARTS) is 2. The Morgan fingerprint density at radius 3 is 0.926 bits per heavy atom. The van der Waals surface area contributed by atoms with Gasteiger partial charge in [-0.1, -0.05) is 104 Å². The topological polar surface area (TPSA) is 80.3 Å². The van der Waals surface area contributed by atoms with Gasteiger partial charge in [0.15, 0.2) is 0 Å². The first-order valence-electron chi connectivity index (χ1n) is 10.9. The third-order valence-electron chi connectivity index (χ3n) is 4.47. The van der Waals surface area contributed by atoms with Crippen LogP contribution >= 0.6 is 0 Å². The molecule has 0 saturated carbocycles. The van der Waals surface area contributed by atoms with Gasteiger partial charge in [-0.25, -0.2) is 0 Å². The van der Waals surface area contributed by atoms with Crippen molar-refractivity contribution in [3.05, 3.63) is 0 Å². The second kappa shape index (κ2) is 27.7. The Bertz CT molecular complexity index is 279. The maximum absolute atomic E-state index is 10.1. The number of unbranched alkanes of at least 4 members (excludes halogenated alkanes) is 14. The molecule has 0 bridgehead atoms. The molecule has 0 aromatic heterocycles. The fourth-order valence-electron chi connectivity index (χ4n) is 2.81. The zero-order valence-electron chi connectivity index (χ0n) is 17.7. The summed E-state index contributed by atoms with van der Waals surface area (Å²) in [6, 6.07) is 0. The Morgan fingerprint density at radius 2 is 0.704 bits per heavy atom. The van der Waals surface area contributed by atoms with Crippen LogP contribution in [0.2, 0.25) is 0 Å². The SMILES string of the molecule is CCCCCCCCCCC(=O)[O-].CCCCCCCCCCC(=O)[O-].[Ni+2]. The van der Waals surface area contributed by atoms with Crippen LogP contribution in [0.1, 0.15) is 129 Å². The summed E-state index contributed by atoms with van der Waals surface area (Å²) < 4.78 is 0. The number of carbonyl (C=O) groups excluding carboxylic acids is 2. The van der Waals surface area contributed by atoms with Gasteiger partial charge in [-0.15, -0.1) is 0 Å². The zero-order valence-corrected chi connectivity index (χ0v) is 18.7. The van der Waals surface area contributed by atoms with E-state index in [0.717, 1.165) is 25.7 Å². The molecule has 0 saturated heterocycles. The van der Waals surface area contributed by atoms with Gasteiger partial charge in [0.05, 0.1) is 0 Å². The molecule has 0 aliphatic carbocycles.